The molecule has 1 aliphatic heterocycles. The third kappa shape index (κ3) is 5.55. The Labute approximate surface area is 148 Å². The molecule has 6 heteroatoms. The Kier molecular flexibility index (Phi) is 6.36. The van der Waals surface area contributed by atoms with Crippen LogP contribution in [0.25, 0.3) is 0 Å². The molecule has 2 aromatic rings. The topological polar surface area (TPSA) is 66.5 Å². The van der Waals surface area contributed by atoms with Gasteiger partial charge in [0.1, 0.15) is 5.82 Å². The Balaban J connectivity index is 1.42. The van der Waals surface area contributed by atoms with Crippen molar-refractivity contribution in [2.24, 2.45) is 0 Å². The van der Waals surface area contributed by atoms with Gasteiger partial charge in [0.25, 0.3) is 5.91 Å². The number of hydrogen-bond acceptors (Lipinski definition) is 5. The fourth-order valence-corrected chi connectivity index (χ4v) is 2.68. The van der Waals surface area contributed by atoms with E-state index in [9.17, 15) is 4.79 Å². The third-order valence-electron chi connectivity index (χ3n) is 4.16. The molecule has 25 heavy (non-hydrogen) atoms. The van der Waals surface area contributed by atoms with E-state index >= 15 is 0 Å². The lowest BCUT2D eigenvalue weighted by Gasteiger charge is -2.26. The zero-order chi connectivity index (χ0) is 17.3. The SMILES string of the molecule is O=C(NCc1ccccc1)c1ccc(NCCN2CCOCC2)nc1. The van der Waals surface area contributed by atoms with Crippen molar-refractivity contribution in [2.75, 3.05) is 44.7 Å². The lowest BCUT2D eigenvalue weighted by atomic mass is 10.2. The first-order chi connectivity index (χ1) is 12.3. The zero-order valence-corrected chi connectivity index (χ0v) is 14.3. The Morgan fingerprint density at radius 2 is 1.92 bits per heavy atom. The van der Waals surface area contributed by atoms with Gasteiger partial charge in [-0.3, -0.25) is 9.69 Å². The highest BCUT2D eigenvalue weighted by Crippen LogP contribution is 2.06. The van der Waals surface area contributed by atoms with Crippen molar-refractivity contribution < 1.29 is 9.53 Å². The summed E-state index contributed by atoms with van der Waals surface area (Å²) in [5.41, 5.74) is 1.64. The number of carbonyl (C=O) groups excluding carboxylic acids is 1. The van der Waals surface area contributed by atoms with E-state index in [1.807, 2.05) is 36.4 Å². The van der Waals surface area contributed by atoms with Crippen LogP contribution in [0.2, 0.25) is 0 Å². The summed E-state index contributed by atoms with van der Waals surface area (Å²) in [6.45, 7) is 5.89. The summed E-state index contributed by atoms with van der Waals surface area (Å²) in [5.74, 6) is 0.670. The van der Waals surface area contributed by atoms with Crippen molar-refractivity contribution >= 4 is 11.7 Å². The first kappa shape index (κ1) is 17.4. The number of ether oxygens (including phenoxy) is 1. The monoisotopic (exact) mass is 340 g/mol. The van der Waals surface area contributed by atoms with Crippen LogP contribution >= 0.6 is 0 Å². The maximum Gasteiger partial charge on any atom is 0.253 e. The van der Waals surface area contributed by atoms with Gasteiger partial charge in [0.2, 0.25) is 0 Å². The van der Waals surface area contributed by atoms with Crippen LogP contribution in [0.5, 0.6) is 0 Å². The van der Waals surface area contributed by atoms with Crippen LogP contribution in [0.3, 0.4) is 0 Å². The molecule has 0 unspecified atom stereocenters. The molecule has 1 saturated heterocycles. The summed E-state index contributed by atoms with van der Waals surface area (Å²) in [4.78, 5) is 18.8. The number of pyridine rings is 1. The van der Waals surface area contributed by atoms with E-state index in [1.165, 1.54) is 0 Å². The molecule has 132 valence electrons. The molecule has 2 heterocycles. The molecule has 1 amide bonds. The van der Waals surface area contributed by atoms with E-state index in [1.54, 1.807) is 12.3 Å². The maximum absolute atomic E-state index is 12.2. The summed E-state index contributed by atoms with van der Waals surface area (Å²) >= 11 is 0. The van der Waals surface area contributed by atoms with Crippen LogP contribution in [0, 0.1) is 0 Å². The van der Waals surface area contributed by atoms with Gasteiger partial charge in [0, 0.05) is 38.9 Å². The second-order valence-corrected chi connectivity index (χ2v) is 5.98. The average molecular weight is 340 g/mol. The van der Waals surface area contributed by atoms with Gasteiger partial charge in [0.15, 0.2) is 0 Å². The second-order valence-electron chi connectivity index (χ2n) is 5.98. The van der Waals surface area contributed by atoms with Crippen LogP contribution < -0.4 is 10.6 Å². The van der Waals surface area contributed by atoms with E-state index in [0.717, 1.165) is 50.8 Å². The molecule has 0 radical (unpaired) electrons. The molecule has 1 fully saturated rings. The number of carbonyl (C=O) groups is 1. The summed E-state index contributed by atoms with van der Waals surface area (Å²) in [5, 5.41) is 6.19. The molecule has 1 aromatic heterocycles. The Morgan fingerprint density at radius 3 is 2.64 bits per heavy atom. The first-order valence-corrected chi connectivity index (χ1v) is 8.63. The van der Waals surface area contributed by atoms with Crippen LogP contribution in [-0.2, 0) is 11.3 Å². The van der Waals surface area contributed by atoms with E-state index < -0.39 is 0 Å². The molecule has 3 rings (SSSR count). The summed E-state index contributed by atoms with van der Waals surface area (Å²) in [7, 11) is 0. The van der Waals surface area contributed by atoms with Crippen LogP contribution in [0.4, 0.5) is 5.82 Å². The number of morpholine rings is 1. The number of nitrogens with zero attached hydrogens (tertiary/aromatic N) is 2. The quantitative estimate of drug-likeness (QED) is 0.804. The minimum Gasteiger partial charge on any atom is -0.379 e. The standard InChI is InChI=1S/C19H24N4O2/c24-19(22-14-16-4-2-1-3-5-16)17-6-7-18(21-15-17)20-8-9-23-10-12-25-13-11-23/h1-7,15H,8-14H2,(H,20,21)(H,22,24). The molecule has 0 spiro atoms. The number of anilines is 1. The Morgan fingerprint density at radius 1 is 1.12 bits per heavy atom. The summed E-state index contributed by atoms with van der Waals surface area (Å²) in [6, 6.07) is 13.5. The molecule has 1 aliphatic rings. The molecule has 0 saturated carbocycles. The predicted molar refractivity (Wildman–Crippen MR) is 97.6 cm³/mol. The van der Waals surface area contributed by atoms with Gasteiger partial charge in [-0.15, -0.1) is 0 Å². The van der Waals surface area contributed by atoms with Gasteiger partial charge in [-0.2, -0.15) is 0 Å². The number of benzene rings is 1. The highest BCUT2D eigenvalue weighted by Gasteiger charge is 2.10. The number of aromatic nitrogens is 1. The van der Waals surface area contributed by atoms with E-state index in [4.69, 9.17) is 4.74 Å². The zero-order valence-electron chi connectivity index (χ0n) is 14.3. The maximum atomic E-state index is 12.2. The van der Waals surface area contributed by atoms with Crippen molar-refractivity contribution in [1.82, 2.24) is 15.2 Å². The minimum atomic E-state index is -0.115. The second kappa shape index (κ2) is 9.15. The molecule has 2 N–H and O–H groups in total. The predicted octanol–water partition coefficient (Wildman–Crippen LogP) is 1.76. The fraction of sp³-hybridized carbons (Fsp3) is 0.368. The minimum absolute atomic E-state index is 0.115. The van der Waals surface area contributed by atoms with E-state index in [0.29, 0.717) is 12.1 Å². The molecule has 6 nitrogen and oxygen atoms in total. The lowest BCUT2D eigenvalue weighted by molar-refractivity contribution is 0.0398. The van der Waals surface area contributed by atoms with Crippen LogP contribution in [-0.4, -0.2) is 55.2 Å². The van der Waals surface area contributed by atoms with Gasteiger partial charge in [-0.05, 0) is 17.7 Å². The highest BCUT2D eigenvalue weighted by atomic mass is 16.5. The number of hydrogen-bond donors (Lipinski definition) is 2. The van der Waals surface area contributed by atoms with Crippen molar-refractivity contribution in [3.63, 3.8) is 0 Å². The molecule has 0 bridgehead atoms. The smallest absolute Gasteiger partial charge is 0.253 e. The Hall–Kier alpha value is -2.44. The molecular formula is C19H24N4O2. The first-order valence-electron chi connectivity index (χ1n) is 8.63. The largest absolute Gasteiger partial charge is 0.379 e. The normalized spacial score (nSPS) is 14.9. The van der Waals surface area contributed by atoms with Crippen LogP contribution in [0.1, 0.15) is 15.9 Å². The fourth-order valence-electron chi connectivity index (χ4n) is 2.68. The number of rotatable bonds is 7. The van der Waals surface area contributed by atoms with E-state index in [2.05, 4.69) is 20.5 Å². The molecule has 0 aliphatic carbocycles. The Bertz CT molecular complexity index is 655. The highest BCUT2D eigenvalue weighted by molar-refractivity contribution is 5.93. The van der Waals surface area contributed by atoms with Gasteiger partial charge in [-0.25, -0.2) is 4.98 Å². The summed E-state index contributed by atoms with van der Waals surface area (Å²) in [6.07, 6.45) is 1.61. The average Bonchev–Trinajstić information content (AvgIpc) is 2.68. The third-order valence-corrected chi connectivity index (χ3v) is 4.16. The van der Waals surface area contributed by atoms with Crippen molar-refractivity contribution in [1.29, 1.82) is 0 Å². The van der Waals surface area contributed by atoms with Gasteiger partial charge < -0.3 is 15.4 Å². The summed E-state index contributed by atoms with van der Waals surface area (Å²) < 4.78 is 5.34. The van der Waals surface area contributed by atoms with Gasteiger partial charge in [-0.1, -0.05) is 30.3 Å². The van der Waals surface area contributed by atoms with Crippen LogP contribution in [0.15, 0.2) is 48.7 Å². The van der Waals surface area contributed by atoms with Crippen molar-refractivity contribution in [3.8, 4) is 0 Å². The number of amides is 1. The number of nitrogens with one attached hydrogen (secondary N) is 2. The van der Waals surface area contributed by atoms with Gasteiger partial charge >= 0.3 is 0 Å². The van der Waals surface area contributed by atoms with E-state index in [-0.39, 0.29) is 5.91 Å². The molecular weight excluding hydrogens is 316 g/mol. The van der Waals surface area contributed by atoms with Crippen molar-refractivity contribution in [3.05, 3.63) is 59.8 Å². The molecule has 1 aromatic carbocycles. The van der Waals surface area contributed by atoms with Gasteiger partial charge in [0.05, 0.1) is 18.8 Å². The van der Waals surface area contributed by atoms with Crippen molar-refractivity contribution in [2.45, 2.75) is 6.54 Å². The lowest BCUT2D eigenvalue weighted by Crippen LogP contribution is -2.39. The molecule has 0 atom stereocenters.